The number of carbonyl (C=O) groups is 1. The van der Waals surface area contributed by atoms with Crippen molar-refractivity contribution in [1.29, 1.82) is 0 Å². The summed E-state index contributed by atoms with van der Waals surface area (Å²) in [6.45, 7) is 4.50. The van der Waals surface area contributed by atoms with Crippen molar-refractivity contribution in [3.05, 3.63) is 200 Å². The first kappa shape index (κ1) is 50.2. The van der Waals surface area contributed by atoms with Crippen LogP contribution in [0, 0.1) is 130 Å². The predicted molar refractivity (Wildman–Crippen MR) is 199 cm³/mol. The van der Waals surface area contributed by atoms with Crippen molar-refractivity contribution in [2.24, 2.45) is 0 Å². The highest BCUT2D eigenvalue weighted by Crippen LogP contribution is 2.31. The van der Waals surface area contributed by atoms with Crippen LogP contribution in [-0.2, 0) is 6.54 Å². The zero-order chi connectivity index (χ0) is 50.6. The summed E-state index contributed by atoms with van der Waals surface area (Å²) in [6, 6.07) is 15.5. The van der Waals surface area contributed by atoms with Gasteiger partial charge in [-0.25, -0.2) is 92.8 Å². The second-order valence-corrected chi connectivity index (χ2v) is 14.5. The van der Waals surface area contributed by atoms with E-state index in [1.807, 2.05) is 53.4 Å². The third kappa shape index (κ3) is 7.97. The fourth-order valence-corrected chi connectivity index (χ4v) is 7.45. The van der Waals surface area contributed by atoms with E-state index in [1.165, 1.54) is 11.1 Å². The van der Waals surface area contributed by atoms with E-state index in [-0.39, 0.29) is 5.78 Å². The van der Waals surface area contributed by atoms with Gasteiger partial charge in [0.15, 0.2) is 82.2 Å². The molecule has 6 aromatic carbocycles. The van der Waals surface area contributed by atoms with E-state index >= 15 is 35.1 Å². The summed E-state index contributed by atoms with van der Waals surface area (Å²) in [7, 11) is 0. The molecule has 0 aliphatic rings. The molecular formula is C44H19BF20N2O. The highest BCUT2D eigenvalue weighted by atomic mass is 19.2. The largest absolute Gasteiger partial charge is 0.287 e. The van der Waals surface area contributed by atoms with E-state index < -0.39 is 144 Å². The van der Waals surface area contributed by atoms with Crippen LogP contribution in [-0.4, -0.2) is 16.9 Å². The van der Waals surface area contributed by atoms with Crippen LogP contribution >= 0.6 is 0 Å². The van der Waals surface area contributed by atoms with Crippen molar-refractivity contribution in [2.75, 3.05) is 0 Å². The number of halogens is 20. The average Bonchev–Trinajstić information content (AvgIpc) is 3.32. The molecule has 354 valence electrons. The molecule has 7 aromatic rings. The maximum Gasteiger partial charge on any atom is 0.227 e. The Kier molecular flexibility index (Phi) is 13.9. The molecule has 0 saturated heterocycles. The number of hydrogen-bond donors (Lipinski definition) is 0. The van der Waals surface area contributed by atoms with Crippen LogP contribution in [0.3, 0.4) is 0 Å². The molecule has 0 aliphatic carbocycles. The monoisotopic (exact) mass is 982 g/mol. The highest BCUT2D eigenvalue weighted by Gasteiger charge is 2.52. The third-order valence-electron chi connectivity index (χ3n) is 10.8. The van der Waals surface area contributed by atoms with Gasteiger partial charge in [0.25, 0.3) is 0 Å². The van der Waals surface area contributed by atoms with Gasteiger partial charge in [-0.2, -0.15) is 4.57 Å². The molecule has 24 heteroatoms. The summed E-state index contributed by atoms with van der Waals surface area (Å²) in [5.74, 6) is -71.3. The third-order valence-corrected chi connectivity index (χ3v) is 10.8. The van der Waals surface area contributed by atoms with Crippen molar-refractivity contribution in [3.8, 4) is 11.3 Å². The molecule has 0 amide bonds. The first-order valence-corrected chi connectivity index (χ1v) is 18.6. The van der Waals surface area contributed by atoms with Gasteiger partial charge in [0.1, 0.15) is 58.4 Å². The van der Waals surface area contributed by atoms with Crippen LogP contribution in [0.5, 0.6) is 0 Å². The Labute approximate surface area is 367 Å². The Morgan fingerprint density at radius 2 is 0.765 bits per heavy atom. The number of Topliss-reactive ketones (excluding diaryl/α,β-unsaturated/α-hetero) is 1. The maximum atomic E-state index is 15.4. The quantitative estimate of drug-likeness (QED) is 0.0380. The maximum absolute atomic E-state index is 15.4. The summed E-state index contributed by atoms with van der Waals surface area (Å²) in [5.41, 5.74) is -9.16. The number of carbonyl (C=O) groups excluding carboxylic acids is 1. The van der Waals surface area contributed by atoms with Gasteiger partial charge in [0.05, 0.1) is 6.20 Å². The molecule has 68 heavy (non-hydrogen) atoms. The molecule has 1 heterocycles. The fraction of sp³-hybridized carbons (Fsp3) is 0.0682. The number of ketones is 1. The summed E-state index contributed by atoms with van der Waals surface area (Å²) in [5, 5.41) is 0. The number of rotatable bonds is 8. The molecule has 0 radical (unpaired) electrons. The Balaban J connectivity index is 0.000000276. The van der Waals surface area contributed by atoms with E-state index in [9.17, 15) is 57.5 Å². The van der Waals surface area contributed by atoms with Crippen molar-refractivity contribution in [2.45, 2.75) is 20.4 Å². The number of aromatic nitrogens is 2. The van der Waals surface area contributed by atoms with Crippen molar-refractivity contribution in [3.63, 3.8) is 0 Å². The highest BCUT2D eigenvalue weighted by molar-refractivity contribution is 7.20. The molecule has 7 rings (SSSR count). The van der Waals surface area contributed by atoms with Gasteiger partial charge < -0.3 is 0 Å². The van der Waals surface area contributed by atoms with E-state index in [0.717, 1.165) is 16.8 Å². The van der Waals surface area contributed by atoms with Crippen LogP contribution < -0.4 is 26.4 Å². The molecule has 0 bridgehead atoms. The number of benzene rings is 6. The summed E-state index contributed by atoms with van der Waals surface area (Å²) >= 11 is 0. The van der Waals surface area contributed by atoms with Gasteiger partial charge in [-0.15, -0.1) is 21.9 Å². The van der Waals surface area contributed by atoms with E-state index in [2.05, 4.69) is 31.0 Å². The lowest BCUT2D eigenvalue weighted by Crippen LogP contribution is -2.81. The van der Waals surface area contributed by atoms with Crippen molar-refractivity contribution < 1.29 is 97.2 Å². The number of nitrogens with zero attached hydrogens (tertiary/aromatic N) is 2. The Bertz CT molecular complexity index is 2820. The lowest BCUT2D eigenvalue weighted by Gasteiger charge is -2.44. The van der Waals surface area contributed by atoms with Crippen LogP contribution in [0.25, 0.3) is 11.3 Å². The van der Waals surface area contributed by atoms with Gasteiger partial charge in [0, 0.05) is 11.1 Å². The van der Waals surface area contributed by atoms with E-state index in [1.54, 1.807) is 6.20 Å². The van der Waals surface area contributed by atoms with Gasteiger partial charge in [-0.05, 0) is 25.0 Å². The summed E-state index contributed by atoms with van der Waals surface area (Å²) in [4.78, 5) is 16.8. The molecule has 0 atom stereocenters. The topological polar surface area (TPSA) is 33.8 Å². The fourth-order valence-electron chi connectivity index (χ4n) is 7.45. The van der Waals surface area contributed by atoms with Crippen LogP contribution in [0.1, 0.15) is 21.5 Å². The van der Waals surface area contributed by atoms with Crippen LogP contribution in [0.2, 0.25) is 0 Å². The molecule has 0 fully saturated rings. The number of aryl methyl sites for hydroxylation is 1. The second kappa shape index (κ2) is 18.8. The van der Waals surface area contributed by atoms with Crippen LogP contribution in [0.15, 0.2) is 67.1 Å². The van der Waals surface area contributed by atoms with Crippen LogP contribution in [0.4, 0.5) is 87.8 Å². The van der Waals surface area contributed by atoms with E-state index in [4.69, 9.17) is 0 Å². The zero-order valence-electron chi connectivity index (χ0n) is 33.5. The smallest absolute Gasteiger partial charge is 0.227 e. The van der Waals surface area contributed by atoms with Gasteiger partial charge in [0.2, 0.25) is 12.3 Å². The minimum Gasteiger partial charge on any atom is -0.287 e. The lowest BCUT2D eigenvalue weighted by atomic mass is 9.12. The predicted octanol–water partition coefficient (Wildman–Crippen LogP) is 9.38. The average molecular weight is 982 g/mol. The first-order valence-electron chi connectivity index (χ1n) is 18.6. The molecule has 0 saturated carbocycles. The first-order chi connectivity index (χ1) is 31.8. The molecule has 1 aromatic heterocycles. The SMILES string of the molecule is Cc1cccc(-c2c[n+](CC(=O)c3ccccc3)ccn2)c1C.Fc1c(F)c(F)c([B-](c2c(F)c(F)c(F)c(F)c2F)(c2c(F)c(F)c(F)c(F)c2F)c2c(F)c(F)c(F)c(F)c2F)c(F)c1F. The molecule has 3 nitrogen and oxygen atoms in total. The zero-order valence-corrected chi connectivity index (χ0v) is 33.5. The van der Waals surface area contributed by atoms with Gasteiger partial charge >= 0.3 is 0 Å². The Hall–Kier alpha value is -7.27. The second-order valence-electron chi connectivity index (χ2n) is 14.5. The normalized spacial score (nSPS) is 11.5. The summed E-state index contributed by atoms with van der Waals surface area (Å²) < 4.78 is 296. The van der Waals surface area contributed by atoms with Crippen molar-refractivity contribution in [1.82, 2.24) is 4.98 Å². The minimum absolute atomic E-state index is 0.0914. The minimum atomic E-state index is -7.22. The molecule has 0 aliphatic heterocycles. The Morgan fingerprint density at radius 3 is 1.10 bits per heavy atom. The standard InChI is InChI=1S/C24BF20.C20H19N2O/c26-5-1(6(27)14(35)21(42)13(5)34)25(2-7(28)15(36)22(43)16(37)8(2)29,3-9(30)17(38)23(44)18(39)10(3)31)4-11(32)19(40)24(45)20(41)12(4)33;1-15-7-6-10-18(16(15)2)19-13-22(12-11-21-19)14-20(23)17-8-4-3-5-9-17/h;3-13H,14H2,1-2H3/q-1;+1. The van der Waals surface area contributed by atoms with Gasteiger partial charge in [-0.3, -0.25) is 4.79 Å². The molecule has 0 unspecified atom stereocenters. The lowest BCUT2D eigenvalue weighted by molar-refractivity contribution is -0.683. The summed E-state index contributed by atoms with van der Waals surface area (Å²) in [6.07, 6.45) is -1.71. The molecule has 0 N–H and O–H groups in total. The van der Waals surface area contributed by atoms with E-state index in [0.29, 0.717) is 6.54 Å². The molecule has 0 spiro atoms. The number of hydrogen-bond acceptors (Lipinski definition) is 2. The van der Waals surface area contributed by atoms with Gasteiger partial charge in [-0.1, -0.05) is 48.5 Å². The Morgan fingerprint density at radius 1 is 0.441 bits per heavy atom. The van der Waals surface area contributed by atoms with Crippen molar-refractivity contribution >= 4 is 33.8 Å². The molecular weight excluding hydrogens is 963 g/mol.